The van der Waals surface area contributed by atoms with Crippen molar-refractivity contribution in [3.63, 3.8) is 0 Å². The predicted octanol–water partition coefficient (Wildman–Crippen LogP) is 4.54. The minimum absolute atomic E-state index is 0.101. The molecule has 0 fully saturated rings. The number of rotatable bonds is 17. The van der Waals surface area contributed by atoms with E-state index in [1.807, 2.05) is 0 Å². The molecule has 0 heterocycles. The van der Waals surface area contributed by atoms with Crippen molar-refractivity contribution in [2.75, 3.05) is 0 Å². The first-order valence-electron chi connectivity index (χ1n) is 9.93. The van der Waals surface area contributed by atoms with Crippen molar-refractivity contribution in [3.05, 3.63) is 0 Å². The van der Waals surface area contributed by atoms with Gasteiger partial charge in [0.15, 0.2) is 0 Å². The molecule has 0 rings (SSSR count). The minimum Gasteiger partial charge on any atom is -0.550 e. The molecule has 1 unspecified atom stereocenters. The Kier molecular flexibility index (Phi) is 16.0. The van der Waals surface area contributed by atoms with Crippen molar-refractivity contribution in [1.82, 2.24) is 0 Å². The Hall–Kier alpha value is -1.06. The number of carbonyl (C=O) groups is 2. The van der Waals surface area contributed by atoms with E-state index < -0.39 is 5.97 Å². The molecular weight excluding hydrogens is 304 g/mol. The fraction of sp³-hybridized carbons (Fsp3) is 0.900. The van der Waals surface area contributed by atoms with Gasteiger partial charge >= 0.3 is 5.97 Å². The van der Waals surface area contributed by atoms with Gasteiger partial charge in [-0.05, 0) is 38.5 Å². The maximum absolute atomic E-state index is 11.2. The van der Waals surface area contributed by atoms with Crippen LogP contribution < -0.4 is 5.11 Å². The van der Waals surface area contributed by atoms with Gasteiger partial charge in [-0.25, -0.2) is 0 Å². The van der Waals surface area contributed by atoms with Gasteiger partial charge in [0.25, 0.3) is 0 Å². The van der Waals surface area contributed by atoms with Crippen LogP contribution in [0, 0.1) is 0 Å². The molecule has 0 aromatic heterocycles. The van der Waals surface area contributed by atoms with Crippen LogP contribution in [-0.4, -0.2) is 18.0 Å². The van der Waals surface area contributed by atoms with E-state index in [2.05, 4.69) is 6.92 Å². The molecule has 24 heavy (non-hydrogen) atoms. The number of carbonyl (C=O) groups excluding carboxylic acids is 2. The van der Waals surface area contributed by atoms with Crippen LogP contribution in [0.15, 0.2) is 0 Å². The Morgan fingerprint density at radius 3 is 1.71 bits per heavy atom. The zero-order valence-electron chi connectivity index (χ0n) is 15.8. The Morgan fingerprint density at radius 2 is 1.25 bits per heavy atom. The largest absolute Gasteiger partial charge is 0.550 e. The number of carboxylic acid groups (broad SMARTS) is 1. The van der Waals surface area contributed by atoms with Crippen molar-refractivity contribution >= 4 is 11.9 Å². The van der Waals surface area contributed by atoms with Crippen LogP contribution in [0.4, 0.5) is 0 Å². The third-order valence-electron chi connectivity index (χ3n) is 4.37. The van der Waals surface area contributed by atoms with Gasteiger partial charge in [-0.3, -0.25) is 4.79 Å². The lowest BCUT2D eigenvalue weighted by Gasteiger charge is -2.17. The van der Waals surface area contributed by atoms with Crippen molar-refractivity contribution in [1.29, 1.82) is 0 Å². The zero-order chi connectivity index (χ0) is 18.0. The predicted molar refractivity (Wildman–Crippen MR) is 95.5 cm³/mol. The third kappa shape index (κ3) is 17.3. The van der Waals surface area contributed by atoms with Crippen LogP contribution >= 0.6 is 0 Å². The van der Waals surface area contributed by atoms with Crippen LogP contribution in [0.25, 0.3) is 0 Å². The van der Waals surface area contributed by atoms with Crippen molar-refractivity contribution in [2.45, 2.75) is 116 Å². The van der Waals surface area contributed by atoms with E-state index >= 15 is 0 Å². The second kappa shape index (κ2) is 16.8. The maximum atomic E-state index is 11.2. The third-order valence-corrected chi connectivity index (χ3v) is 4.37. The summed E-state index contributed by atoms with van der Waals surface area (Å²) in [6, 6.07) is 0. The Morgan fingerprint density at radius 1 is 0.792 bits per heavy atom. The summed E-state index contributed by atoms with van der Waals surface area (Å²) in [4.78, 5) is 21.5. The van der Waals surface area contributed by atoms with Gasteiger partial charge < -0.3 is 14.6 Å². The molecule has 0 aliphatic rings. The van der Waals surface area contributed by atoms with E-state index in [0.29, 0.717) is 0 Å². The van der Waals surface area contributed by atoms with E-state index in [4.69, 9.17) is 4.74 Å². The number of carboxylic acids is 1. The van der Waals surface area contributed by atoms with Crippen LogP contribution in [0.5, 0.6) is 0 Å². The van der Waals surface area contributed by atoms with Gasteiger partial charge in [-0.2, -0.15) is 0 Å². The monoisotopic (exact) mass is 341 g/mol. The van der Waals surface area contributed by atoms with Gasteiger partial charge in [0.1, 0.15) is 6.10 Å². The fourth-order valence-electron chi connectivity index (χ4n) is 3.00. The first-order chi connectivity index (χ1) is 11.6. The molecule has 0 N–H and O–H groups in total. The molecule has 142 valence electrons. The van der Waals surface area contributed by atoms with E-state index in [1.165, 1.54) is 51.9 Å². The molecule has 0 aliphatic carbocycles. The van der Waals surface area contributed by atoms with E-state index in [-0.39, 0.29) is 18.5 Å². The Labute approximate surface area is 148 Å². The SMILES string of the molecule is CCCCCCC(CCCCCCCCCCC(=O)[O-])OC(C)=O. The summed E-state index contributed by atoms with van der Waals surface area (Å²) in [5, 5.41) is 10.3. The summed E-state index contributed by atoms with van der Waals surface area (Å²) in [5.41, 5.74) is 0. The first-order valence-corrected chi connectivity index (χ1v) is 9.93. The summed E-state index contributed by atoms with van der Waals surface area (Å²) < 4.78 is 5.43. The average molecular weight is 342 g/mol. The number of unbranched alkanes of at least 4 members (excludes halogenated alkanes) is 10. The lowest BCUT2D eigenvalue weighted by molar-refractivity contribution is -0.305. The standard InChI is InChI=1S/C20H38O4/c1-3-4-5-12-15-19(24-18(2)21)16-13-10-8-6-7-9-11-14-17-20(22)23/h19H,3-17H2,1-2H3,(H,22,23)/p-1. The van der Waals surface area contributed by atoms with E-state index in [1.54, 1.807) is 0 Å². The number of aliphatic carboxylic acids is 1. The quantitative estimate of drug-likeness (QED) is 0.288. The van der Waals surface area contributed by atoms with Gasteiger partial charge in [0.2, 0.25) is 0 Å². The zero-order valence-corrected chi connectivity index (χ0v) is 15.8. The normalized spacial score (nSPS) is 12.1. The number of esters is 1. The second-order valence-corrected chi connectivity index (χ2v) is 6.82. The number of ether oxygens (including phenoxy) is 1. The van der Waals surface area contributed by atoms with Crippen molar-refractivity contribution in [2.24, 2.45) is 0 Å². The van der Waals surface area contributed by atoms with E-state index in [9.17, 15) is 14.7 Å². The number of hydrogen-bond donors (Lipinski definition) is 0. The lowest BCUT2D eigenvalue weighted by atomic mass is 10.0. The average Bonchev–Trinajstić information content (AvgIpc) is 2.52. The molecule has 4 heteroatoms. The first kappa shape index (κ1) is 22.9. The smallest absolute Gasteiger partial charge is 0.302 e. The highest BCUT2D eigenvalue weighted by Crippen LogP contribution is 2.16. The highest BCUT2D eigenvalue weighted by molar-refractivity contribution is 5.66. The van der Waals surface area contributed by atoms with Gasteiger partial charge in [-0.15, -0.1) is 0 Å². The molecule has 1 atom stereocenters. The molecule has 0 aliphatic heterocycles. The van der Waals surface area contributed by atoms with Crippen LogP contribution in [0.3, 0.4) is 0 Å². The summed E-state index contributed by atoms with van der Waals surface area (Å²) in [6.07, 6.45) is 15.9. The Bertz CT molecular complexity index is 315. The molecule has 0 amide bonds. The van der Waals surface area contributed by atoms with Crippen LogP contribution in [-0.2, 0) is 14.3 Å². The topological polar surface area (TPSA) is 66.4 Å². The van der Waals surface area contributed by atoms with Crippen LogP contribution in [0.1, 0.15) is 110 Å². The van der Waals surface area contributed by atoms with Crippen molar-refractivity contribution < 1.29 is 19.4 Å². The molecule has 0 saturated carbocycles. The maximum Gasteiger partial charge on any atom is 0.302 e. The molecule has 0 aromatic rings. The number of hydrogen-bond acceptors (Lipinski definition) is 4. The van der Waals surface area contributed by atoms with Crippen LogP contribution in [0.2, 0.25) is 0 Å². The summed E-state index contributed by atoms with van der Waals surface area (Å²) in [6.45, 7) is 3.70. The van der Waals surface area contributed by atoms with Gasteiger partial charge in [-0.1, -0.05) is 64.7 Å². The molecule has 0 saturated heterocycles. The molecular formula is C20H37O4-. The van der Waals surface area contributed by atoms with Crippen molar-refractivity contribution in [3.8, 4) is 0 Å². The summed E-state index contributed by atoms with van der Waals surface area (Å²) >= 11 is 0. The summed E-state index contributed by atoms with van der Waals surface area (Å²) in [5.74, 6) is -1.10. The lowest BCUT2D eigenvalue weighted by Crippen LogP contribution is -2.21. The van der Waals surface area contributed by atoms with E-state index in [0.717, 1.165) is 44.9 Å². The molecule has 4 nitrogen and oxygen atoms in total. The molecule has 0 aromatic carbocycles. The van der Waals surface area contributed by atoms with Gasteiger partial charge in [0.05, 0.1) is 0 Å². The molecule has 0 radical (unpaired) electrons. The fourth-order valence-corrected chi connectivity index (χ4v) is 3.00. The minimum atomic E-state index is -0.938. The van der Waals surface area contributed by atoms with Gasteiger partial charge in [0, 0.05) is 12.9 Å². The highest BCUT2D eigenvalue weighted by atomic mass is 16.5. The second-order valence-electron chi connectivity index (χ2n) is 6.82. The molecule has 0 bridgehead atoms. The Balaban J connectivity index is 3.54. The molecule has 0 spiro atoms. The highest BCUT2D eigenvalue weighted by Gasteiger charge is 2.11. The summed E-state index contributed by atoms with van der Waals surface area (Å²) in [7, 11) is 0.